The predicted octanol–water partition coefficient (Wildman–Crippen LogP) is 4.54. The van der Waals surface area contributed by atoms with Gasteiger partial charge in [-0.15, -0.1) is 12.8 Å². The number of ketones is 2. The van der Waals surface area contributed by atoms with E-state index in [0.29, 0.717) is 0 Å². The Bertz CT molecular complexity index is 819. The zero-order valence-electron chi connectivity index (χ0n) is 14.9. The van der Waals surface area contributed by atoms with Crippen molar-refractivity contribution in [3.63, 3.8) is 0 Å². The summed E-state index contributed by atoms with van der Waals surface area (Å²) in [5.74, 6) is 3.33. The number of hydrogen-bond acceptors (Lipinski definition) is 2. The monoisotopic (exact) mass is 352 g/mol. The second kappa shape index (κ2) is 13.4. The van der Waals surface area contributed by atoms with Crippen LogP contribution in [0.15, 0.2) is 108 Å². The highest BCUT2D eigenvalue weighted by molar-refractivity contribution is 6.04. The highest BCUT2D eigenvalue weighted by atomic mass is 16.1. The van der Waals surface area contributed by atoms with E-state index in [9.17, 15) is 9.59 Å². The topological polar surface area (TPSA) is 34.1 Å². The van der Waals surface area contributed by atoms with E-state index in [-0.39, 0.29) is 11.6 Å². The summed E-state index contributed by atoms with van der Waals surface area (Å²) < 4.78 is 0. The number of carbonyl (C=O) groups is 2. The predicted molar refractivity (Wildman–Crippen MR) is 112 cm³/mol. The first-order valence-electron chi connectivity index (χ1n) is 8.26. The van der Waals surface area contributed by atoms with E-state index in [0.717, 1.165) is 17.6 Å². The van der Waals surface area contributed by atoms with Gasteiger partial charge >= 0.3 is 0 Å². The van der Waals surface area contributed by atoms with Gasteiger partial charge in [-0.1, -0.05) is 85.1 Å². The molecular weight excluding hydrogens is 332 g/mol. The SMILES string of the molecule is C#CC(=O)/C=C/C=C/C=C/C1=CC=CC=C(/C=C/C=C/C=C/C(=O)C#C)C1. The number of hydrogen-bond donors (Lipinski definition) is 0. The van der Waals surface area contributed by atoms with Crippen LogP contribution in [0.4, 0.5) is 0 Å². The number of allylic oxidation sites excluding steroid dienone is 18. The van der Waals surface area contributed by atoms with Crippen LogP contribution in [0, 0.1) is 24.7 Å². The van der Waals surface area contributed by atoms with Crippen molar-refractivity contribution in [1.29, 1.82) is 0 Å². The first kappa shape index (κ1) is 21.2. The number of carbonyl (C=O) groups excluding carboxylic acids is 2. The molecule has 0 aromatic carbocycles. The van der Waals surface area contributed by atoms with Crippen LogP contribution < -0.4 is 0 Å². The first-order valence-corrected chi connectivity index (χ1v) is 8.26. The number of rotatable bonds is 8. The molecule has 0 saturated carbocycles. The zero-order valence-corrected chi connectivity index (χ0v) is 14.9. The molecule has 0 atom stereocenters. The van der Waals surface area contributed by atoms with Gasteiger partial charge in [0, 0.05) is 0 Å². The maximum Gasteiger partial charge on any atom is 0.228 e. The molecule has 0 aliphatic heterocycles. The Hall–Kier alpha value is -3.88. The highest BCUT2D eigenvalue weighted by Gasteiger charge is 1.97. The van der Waals surface area contributed by atoms with Crippen LogP contribution in [0.25, 0.3) is 0 Å². The van der Waals surface area contributed by atoms with E-state index in [1.807, 2.05) is 72.6 Å². The van der Waals surface area contributed by atoms with Crippen LogP contribution >= 0.6 is 0 Å². The highest BCUT2D eigenvalue weighted by Crippen LogP contribution is 2.17. The molecule has 0 amide bonds. The lowest BCUT2D eigenvalue weighted by Gasteiger charge is -2.00. The van der Waals surface area contributed by atoms with E-state index in [2.05, 4.69) is 0 Å². The quantitative estimate of drug-likeness (QED) is 0.278. The zero-order chi connectivity index (χ0) is 19.7. The van der Waals surface area contributed by atoms with E-state index in [4.69, 9.17) is 12.8 Å². The Kier molecular flexibility index (Phi) is 10.5. The Morgan fingerprint density at radius 1 is 0.704 bits per heavy atom. The molecule has 0 fully saturated rings. The molecule has 27 heavy (non-hydrogen) atoms. The maximum absolute atomic E-state index is 10.9. The van der Waals surface area contributed by atoms with E-state index < -0.39 is 0 Å². The normalized spacial score (nSPS) is 14.9. The maximum atomic E-state index is 10.9. The molecule has 1 aliphatic carbocycles. The summed E-state index contributed by atoms with van der Waals surface area (Å²) in [6.45, 7) is 0. The molecule has 0 aromatic heterocycles. The minimum atomic E-state index is -0.353. The van der Waals surface area contributed by atoms with Gasteiger partial charge in [0.05, 0.1) is 0 Å². The van der Waals surface area contributed by atoms with Crippen LogP contribution in [-0.2, 0) is 9.59 Å². The van der Waals surface area contributed by atoms with Crippen molar-refractivity contribution in [3.05, 3.63) is 108 Å². The van der Waals surface area contributed by atoms with Crippen LogP contribution in [0.2, 0.25) is 0 Å². The lowest BCUT2D eigenvalue weighted by molar-refractivity contribution is -0.110. The van der Waals surface area contributed by atoms with Gasteiger partial charge in [0.1, 0.15) is 0 Å². The third-order valence-corrected chi connectivity index (χ3v) is 3.21. The fraction of sp³-hybridized carbons (Fsp3) is 0.0400. The molecule has 0 bridgehead atoms. The summed E-state index contributed by atoms with van der Waals surface area (Å²) in [5, 5.41) is 0. The van der Waals surface area contributed by atoms with E-state index in [1.54, 1.807) is 24.3 Å². The summed E-state index contributed by atoms with van der Waals surface area (Å²) in [4.78, 5) is 21.8. The van der Waals surface area contributed by atoms with Crippen molar-refractivity contribution in [1.82, 2.24) is 0 Å². The largest absolute Gasteiger partial charge is 0.280 e. The smallest absolute Gasteiger partial charge is 0.228 e. The van der Waals surface area contributed by atoms with Gasteiger partial charge in [0.15, 0.2) is 0 Å². The van der Waals surface area contributed by atoms with Crippen LogP contribution in [0.5, 0.6) is 0 Å². The molecule has 132 valence electrons. The fourth-order valence-electron chi connectivity index (χ4n) is 1.94. The van der Waals surface area contributed by atoms with Gasteiger partial charge in [-0.3, -0.25) is 9.59 Å². The summed E-state index contributed by atoms with van der Waals surface area (Å²) in [5.41, 5.74) is 2.30. The summed E-state index contributed by atoms with van der Waals surface area (Å²) in [6.07, 6.45) is 39.7. The third kappa shape index (κ3) is 10.6. The van der Waals surface area contributed by atoms with Crippen molar-refractivity contribution in [2.75, 3.05) is 0 Å². The summed E-state index contributed by atoms with van der Waals surface area (Å²) in [7, 11) is 0. The van der Waals surface area contributed by atoms with Crippen LogP contribution in [0.1, 0.15) is 6.42 Å². The molecule has 0 radical (unpaired) electrons. The molecule has 0 saturated heterocycles. The molecule has 0 unspecified atom stereocenters. The van der Waals surface area contributed by atoms with Crippen molar-refractivity contribution < 1.29 is 9.59 Å². The van der Waals surface area contributed by atoms with Crippen LogP contribution in [0.3, 0.4) is 0 Å². The summed E-state index contributed by atoms with van der Waals surface area (Å²) >= 11 is 0. The fourth-order valence-corrected chi connectivity index (χ4v) is 1.94. The molecule has 0 spiro atoms. The van der Waals surface area contributed by atoms with Crippen molar-refractivity contribution >= 4 is 11.6 Å². The average Bonchev–Trinajstić information content (AvgIpc) is 2.91. The Morgan fingerprint density at radius 2 is 1.11 bits per heavy atom. The van der Waals surface area contributed by atoms with E-state index >= 15 is 0 Å². The van der Waals surface area contributed by atoms with Gasteiger partial charge in [0.2, 0.25) is 11.6 Å². The van der Waals surface area contributed by atoms with Gasteiger partial charge in [-0.05, 0) is 41.6 Å². The van der Waals surface area contributed by atoms with Gasteiger partial charge in [-0.25, -0.2) is 0 Å². The second-order valence-electron chi connectivity index (χ2n) is 5.27. The van der Waals surface area contributed by atoms with Gasteiger partial charge < -0.3 is 0 Å². The second-order valence-corrected chi connectivity index (χ2v) is 5.27. The van der Waals surface area contributed by atoms with Crippen molar-refractivity contribution in [3.8, 4) is 24.7 Å². The van der Waals surface area contributed by atoms with Crippen molar-refractivity contribution in [2.45, 2.75) is 6.42 Å². The standard InChI is InChI=1S/C25H20O2/c1-3-24(26)19-11-7-5-9-15-22-17-13-14-18-23(21-22)16-10-6-8-12-20-25(27)4-2/h1-2,5-20H,21H2/b7-5+,8-6+,15-9+,16-10+,19-11+,20-12+. The lowest BCUT2D eigenvalue weighted by Crippen LogP contribution is -1.82. The minimum absolute atomic E-state index is 0.353. The first-order chi connectivity index (χ1) is 13.2. The molecule has 0 aromatic rings. The van der Waals surface area contributed by atoms with Crippen molar-refractivity contribution in [2.24, 2.45) is 0 Å². The molecule has 1 rings (SSSR count). The van der Waals surface area contributed by atoms with E-state index in [1.165, 1.54) is 12.2 Å². The number of terminal acetylenes is 2. The molecule has 2 nitrogen and oxygen atoms in total. The molecule has 0 heterocycles. The Morgan fingerprint density at radius 3 is 1.52 bits per heavy atom. The van der Waals surface area contributed by atoms with Gasteiger partial charge in [0.25, 0.3) is 0 Å². The minimum Gasteiger partial charge on any atom is -0.280 e. The molecule has 2 heteroatoms. The molecule has 1 aliphatic rings. The molecule has 0 N–H and O–H groups in total. The Balaban J connectivity index is 2.57. The Labute approximate surface area is 161 Å². The average molecular weight is 352 g/mol. The van der Waals surface area contributed by atoms with Gasteiger partial charge in [-0.2, -0.15) is 0 Å². The lowest BCUT2D eigenvalue weighted by atomic mass is 10.0. The summed E-state index contributed by atoms with van der Waals surface area (Å²) in [6, 6.07) is 0. The molecular formula is C25H20O2. The third-order valence-electron chi connectivity index (χ3n) is 3.21. The van der Waals surface area contributed by atoms with Crippen LogP contribution in [-0.4, -0.2) is 11.6 Å².